The fraction of sp³-hybridized carbons (Fsp3) is 0.333. The standard InChI is InChI=1S/C12H14O2/c1-2-11-10(13)8-12(14-11)9-6-4-3-5-7-9/h2-7,10-13H,1,8H2. The first kappa shape index (κ1) is 9.44. The summed E-state index contributed by atoms with van der Waals surface area (Å²) in [5.74, 6) is 0. The Morgan fingerprint density at radius 2 is 2.07 bits per heavy atom. The molecule has 2 nitrogen and oxygen atoms in total. The highest BCUT2D eigenvalue weighted by Crippen LogP contribution is 2.32. The number of aliphatic hydroxyl groups excluding tert-OH is 1. The molecule has 0 saturated carbocycles. The molecular formula is C12H14O2. The Morgan fingerprint density at radius 1 is 1.36 bits per heavy atom. The number of aliphatic hydroxyl groups is 1. The molecule has 0 bridgehead atoms. The first-order chi connectivity index (χ1) is 6.81. The average Bonchev–Trinajstić information content (AvgIpc) is 2.61. The van der Waals surface area contributed by atoms with Gasteiger partial charge in [0.15, 0.2) is 0 Å². The van der Waals surface area contributed by atoms with Crippen molar-refractivity contribution in [3.8, 4) is 0 Å². The predicted molar refractivity (Wildman–Crippen MR) is 54.9 cm³/mol. The fourth-order valence-corrected chi connectivity index (χ4v) is 1.78. The molecule has 1 fully saturated rings. The van der Waals surface area contributed by atoms with Gasteiger partial charge in [-0.25, -0.2) is 0 Å². The minimum absolute atomic E-state index is 0.00852. The van der Waals surface area contributed by atoms with Gasteiger partial charge in [-0.15, -0.1) is 6.58 Å². The van der Waals surface area contributed by atoms with Crippen LogP contribution in [0.1, 0.15) is 18.1 Å². The van der Waals surface area contributed by atoms with Crippen LogP contribution in [0.15, 0.2) is 43.0 Å². The van der Waals surface area contributed by atoms with Crippen molar-refractivity contribution in [2.45, 2.75) is 24.7 Å². The van der Waals surface area contributed by atoms with Crippen molar-refractivity contribution in [1.29, 1.82) is 0 Å². The largest absolute Gasteiger partial charge is 0.390 e. The van der Waals surface area contributed by atoms with Crippen LogP contribution in [-0.4, -0.2) is 17.3 Å². The van der Waals surface area contributed by atoms with E-state index in [0.717, 1.165) is 5.56 Å². The molecule has 0 spiro atoms. The molecule has 14 heavy (non-hydrogen) atoms. The molecule has 3 unspecified atom stereocenters. The maximum Gasteiger partial charge on any atom is 0.102 e. The molecular weight excluding hydrogens is 176 g/mol. The van der Waals surface area contributed by atoms with Crippen molar-refractivity contribution in [2.75, 3.05) is 0 Å². The highest BCUT2D eigenvalue weighted by molar-refractivity contribution is 5.19. The van der Waals surface area contributed by atoms with Gasteiger partial charge < -0.3 is 9.84 Å². The van der Waals surface area contributed by atoms with Gasteiger partial charge in [-0.2, -0.15) is 0 Å². The Balaban J connectivity index is 2.12. The maximum atomic E-state index is 9.62. The normalized spacial score (nSPS) is 31.6. The highest BCUT2D eigenvalue weighted by atomic mass is 16.5. The van der Waals surface area contributed by atoms with E-state index in [1.807, 2.05) is 30.3 Å². The summed E-state index contributed by atoms with van der Waals surface area (Å²) in [4.78, 5) is 0. The van der Waals surface area contributed by atoms with Gasteiger partial charge in [0.2, 0.25) is 0 Å². The molecule has 2 heteroatoms. The van der Waals surface area contributed by atoms with Gasteiger partial charge >= 0.3 is 0 Å². The summed E-state index contributed by atoms with van der Waals surface area (Å²) in [6.07, 6.45) is 1.68. The van der Waals surface area contributed by atoms with Gasteiger partial charge in [-0.05, 0) is 5.56 Å². The molecule has 3 atom stereocenters. The molecule has 1 heterocycles. The van der Waals surface area contributed by atoms with Crippen LogP contribution in [0.4, 0.5) is 0 Å². The second kappa shape index (κ2) is 3.95. The molecule has 1 aromatic rings. The zero-order chi connectivity index (χ0) is 9.97. The quantitative estimate of drug-likeness (QED) is 0.723. The zero-order valence-electron chi connectivity index (χ0n) is 7.97. The van der Waals surface area contributed by atoms with Gasteiger partial charge in [-0.1, -0.05) is 36.4 Å². The molecule has 1 aromatic carbocycles. The lowest BCUT2D eigenvalue weighted by molar-refractivity contribution is 0.0398. The van der Waals surface area contributed by atoms with Crippen molar-refractivity contribution >= 4 is 0 Å². The van der Waals surface area contributed by atoms with E-state index < -0.39 is 6.10 Å². The van der Waals surface area contributed by atoms with E-state index in [2.05, 4.69) is 6.58 Å². The Kier molecular flexibility index (Phi) is 2.66. The minimum atomic E-state index is -0.419. The monoisotopic (exact) mass is 190 g/mol. The van der Waals surface area contributed by atoms with Crippen molar-refractivity contribution in [2.24, 2.45) is 0 Å². The summed E-state index contributed by atoms with van der Waals surface area (Å²) in [7, 11) is 0. The van der Waals surface area contributed by atoms with Crippen LogP contribution in [0, 0.1) is 0 Å². The number of benzene rings is 1. The molecule has 0 amide bonds. The summed E-state index contributed by atoms with van der Waals surface area (Å²) in [5, 5.41) is 9.62. The van der Waals surface area contributed by atoms with Gasteiger partial charge in [0.25, 0.3) is 0 Å². The second-order valence-electron chi connectivity index (χ2n) is 3.54. The molecule has 1 saturated heterocycles. The van der Waals surface area contributed by atoms with Gasteiger partial charge in [0.1, 0.15) is 6.10 Å². The molecule has 0 aromatic heterocycles. The SMILES string of the molecule is C=CC1OC(c2ccccc2)CC1O. The van der Waals surface area contributed by atoms with Crippen LogP contribution in [0.3, 0.4) is 0 Å². The minimum Gasteiger partial charge on any atom is -0.390 e. The van der Waals surface area contributed by atoms with E-state index in [0.29, 0.717) is 6.42 Å². The number of ether oxygens (including phenoxy) is 1. The summed E-state index contributed by atoms with van der Waals surface area (Å²) >= 11 is 0. The van der Waals surface area contributed by atoms with E-state index in [-0.39, 0.29) is 12.2 Å². The van der Waals surface area contributed by atoms with E-state index in [1.54, 1.807) is 6.08 Å². The van der Waals surface area contributed by atoms with Crippen LogP contribution >= 0.6 is 0 Å². The Morgan fingerprint density at radius 3 is 2.64 bits per heavy atom. The lowest BCUT2D eigenvalue weighted by Gasteiger charge is -2.10. The van der Waals surface area contributed by atoms with Crippen molar-refractivity contribution < 1.29 is 9.84 Å². The lowest BCUT2D eigenvalue weighted by atomic mass is 10.0. The maximum absolute atomic E-state index is 9.62. The summed E-state index contributed by atoms with van der Waals surface area (Å²) in [6.45, 7) is 3.64. The third-order valence-corrected chi connectivity index (χ3v) is 2.56. The van der Waals surface area contributed by atoms with Crippen molar-refractivity contribution in [3.05, 3.63) is 48.6 Å². The van der Waals surface area contributed by atoms with Gasteiger partial charge in [-0.3, -0.25) is 0 Å². The molecule has 0 radical (unpaired) electrons. The average molecular weight is 190 g/mol. The van der Waals surface area contributed by atoms with Crippen LogP contribution in [0.2, 0.25) is 0 Å². The van der Waals surface area contributed by atoms with E-state index in [9.17, 15) is 5.11 Å². The fourth-order valence-electron chi connectivity index (χ4n) is 1.78. The third-order valence-electron chi connectivity index (χ3n) is 2.56. The van der Waals surface area contributed by atoms with Crippen LogP contribution in [-0.2, 0) is 4.74 Å². The first-order valence-electron chi connectivity index (χ1n) is 4.82. The van der Waals surface area contributed by atoms with Crippen LogP contribution < -0.4 is 0 Å². The topological polar surface area (TPSA) is 29.5 Å². The lowest BCUT2D eigenvalue weighted by Crippen LogP contribution is -2.16. The molecule has 0 aliphatic carbocycles. The van der Waals surface area contributed by atoms with E-state index >= 15 is 0 Å². The zero-order valence-corrected chi connectivity index (χ0v) is 7.97. The Hall–Kier alpha value is -1.12. The van der Waals surface area contributed by atoms with Crippen molar-refractivity contribution in [1.82, 2.24) is 0 Å². The summed E-state index contributed by atoms with van der Waals surface area (Å²) < 4.78 is 5.64. The van der Waals surface area contributed by atoms with Crippen LogP contribution in [0.5, 0.6) is 0 Å². The number of hydrogen-bond acceptors (Lipinski definition) is 2. The van der Waals surface area contributed by atoms with Crippen molar-refractivity contribution in [3.63, 3.8) is 0 Å². The molecule has 1 N–H and O–H groups in total. The van der Waals surface area contributed by atoms with Crippen LogP contribution in [0.25, 0.3) is 0 Å². The van der Waals surface area contributed by atoms with E-state index in [4.69, 9.17) is 4.74 Å². The molecule has 2 rings (SSSR count). The second-order valence-corrected chi connectivity index (χ2v) is 3.54. The summed E-state index contributed by atoms with van der Waals surface area (Å²) in [5.41, 5.74) is 1.12. The third kappa shape index (κ3) is 1.72. The predicted octanol–water partition coefficient (Wildman–Crippen LogP) is 2.06. The molecule has 74 valence electrons. The number of hydrogen-bond donors (Lipinski definition) is 1. The van der Waals surface area contributed by atoms with Gasteiger partial charge in [0.05, 0.1) is 12.2 Å². The first-order valence-corrected chi connectivity index (χ1v) is 4.82. The Bertz CT molecular complexity index is 307. The highest BCUT2D eigenvalue weighted by Gasteiger charge is 2.32. The summed E-state index contributed by atoms with van der Waals surface area (Å²) in [6, 6.07) is 9.96. The van der Waals surface area contributed by atoms with E-state index in [1.165, 1.54) is 0 Å². The number of rotatable bonds is 2. The van der Waals surface area contributed by atoms with Gasteiger partial charge in [0, 0.05) is 6.42 Å². The smallest absolute Gasteiger partial charge is 0.102 e. The Labute approximate surface area is 83.8 Å². The molecule has 1 aliphatic heterocycles. The molecule has 1 aliphatic rings.